The zero-order valence-electron chi connectivity index (χ0n) is 13.3. The highest BCUT2D eigenvalue weighted by atomic mass is 19.1. The number of halogens is 1. The number of hydrogen-bond acceptors (Lipinski definition) is 3. The molecule has 5 nitrogen and oxygen atoms in total. The summed E-state index contributed by atoms with van der Waals surface area (Å²) >= 11 is 0. The highest BCUT2D eigenvalue weighted by molar-refractivity contribution is 5.80. The Bertz CT molecular complexity index is 874. The van der Waals surface area contributed by atoms with Crippen molar-refractivity contribution in [1.82, 2.24) is 9.78 Å². The second-order valence-corrected chi connectivity index (χ2v) is 5.42. The Labute approximate surface area is 138 Å². The van der Waals surface area contributed by atoms with Gasteiger partial charge in [0.2, 0.25) is 0 Å². The van der Waals surface area contributed by atoms with E-state index in [-0.39, 0.29) is 11.4 Å². The van der Waals surface area contributed by atoms with Gasteiger partial charge in [-0.3, -0.25) is 14.9 Å². The SMILES string of the molecule is CCCc1[nH]n(-c2ccc(F)cc2)c(=O)c1C=NCc1ccco1. The molecule has 0 aliphatic heterocycles. The van der Waals surface area contributed by atoms with Crippen LogP contribution >= 0.6 is 0 Å². The molecule has 1 aromatic carbocycles. The minimum Gasteiger partial charge on any atom is -0.467 e. The van der Waals surface area contributed by atoms with Gasteiger partial charge in [-0.25, -0.2) is 9.07 Å². The highest BCUT2D eigenvalue weighted by Crippen LogP contribution is 2.10. The molecule has 0 spiro atoms. The van der Waals surface area contributed by atoms with Gasteiger partial charge in [-0.1, -0.05) is 13.3 Å². The Hall–Kier alpha value is -2.89. The van der Waals surface area contributed by atoms with Crippen LogP contribution < -0.4 is 5.56 Å². The Morgan fingerprint density at radius 3 is 2.75 bits per heavy atom. The Balaban J connectivity index is 1.93. The summed E-state index contributed by atoms with van der Waals surface area (Å²) in [6.45, 7) is 2.41. The van der Waals surface area contributed by atoms with E-state index in [4.69, 9.17) is 4.42 Å². The average molecular weight is 327 g/mol. The minimum absolute atomic E-state index is 0.201. The fourth-order valence-corrected chi connectivity index (χ4v) is 2.47. The van der Waals surface area contributed by atoms with Crippen LogP contribution in [0.2, 0.25) is 0 Å². The predicted octanol–water partition coefficient (Wildman–Crippen LogP) is 3.47. The smallest absolute Gasteiger partial charge is 0.280 e. The van der Waals surface area contributed by atoms with Gasteiger partial charge in [0, 0.05) is 11.9 Å². The van der Waals surface area contributed by atoms with E-state index < -0.39 is 0 Å². The molecule has 0 saturated heterocycles. The second kappa shape index (κ2) is 7.12. The number of furan rings is 1. The molecule has 0 aliphatic carbocycles. The third kappa shape index (κ3) is 3.37. The Morgan fingerprint density at radius 2 is 2.08 bits per heavy atom. The fourth-order valence-electron chi connectivity index (χ4n) is 2.47. The second-order valence-electron chi connectivity index (χ2n) is 5.42. The lowest BCUT2D eigenvalue weighted by atomic mass is 10.2. The van der Waals surface area contributed by atoms with Gasteiger partial charge in [0.15, 0.2) is 0 Å². The van der Waals surface area contributed by atoms with Crippen molar-refractivity contribution in [2.24, 2.45) is 4.99 Å². The van der Waals surface area contributed by atoms with Gasteiger partial charge in [-0.15, -0.1) is 0 Å². The van der Waals surface area contributed by atoms with Crippen molar-refractivity contribution < 1.29 is 8.81 Å². The van der Waals surface area contributed by atoms with Gasteiger partial charge in [0.25, 0.3) is 5.56 Å². The van der Waals surface area contributed by atoms with E-state index in [1.54, 1.807) is 30.7 Å². The predicted molar refractivity (Wildman–Crippen MR) is 90.3 cm³/mol. The Kier molecular flexibility index (Phi) is 4.74. The van der Waals surface area contributed by atoms with Gasteiger partial charge in [-0.2, -0.15) is 0 Å². The van der Waals surface area contributed by atoms with Gasteiger partial charge < -0.3 is 4.42 Å². The summed E-state index contributed by atoms with van der Waals surface area (Å²) in [7, 11) is 0. The number of rotatable bonds is 6. The molecular weight excluding hydrogens is 309 g/mol. The Morgan fingerprint density at radius 1 is 1.29 bits per heavy atom. The molecular formula is C18H18FN3O2. The number of aromatic nitrogens is 2. The van der Waals surface area contributed by atoms with Gasteiger partial charge in [0.05, 0.1) is 24.1 Å². The molecule has 1 N–H and O–H groups in total. The topological polar surface area (TPSA) is 63.3 Å². The number of aryl methyl sites for hydroxylation is 1. The molecule has 3 aromatic rings. The molecule has 0 radical (unpaired) electrons. The van der Waals surface area contributed by atoms with Crippen molar-refractivity contribution in [3.05, 3.63) is 75.9 Å². The van der Waals surface area contributed by atoms with Crippen molar-refractivity contribution >= 4 is 6.21 Å². The van der Waals surface area contributed by atoms with Crippen LogP contribution in [-0.4, -0.2) is 16.0 Å². The first-order valence-corrected chi connectivity index (χ1v) is 7.81. The quantitative estimate of drug-likeness (QED) is 0.705. The van der Waals surface area contributed by atoms with Crippen LogP contribution in [0.4, 0.5) is 4.39 Å². The van der Waals surface area contributed by atoms with Gasteiger partial charge >= 0.3 is 0 Å². The van der Waals surface area contributed by atoms with Crippen LogP contribution in [0.5, 0.6) is 0 Å². The fraction of sp³-hybridized carbons (Fsp3) is 0.222. The number of hydrogen-bond donors (Lipinski definition) is 1. The van der Waals surface area contributed by atoms with E-state index in [9.17, 15) is 9.18 Å². The maximum Gasteiger partial charge on any atom is 0.280 e. The van der Waals surface area contributed by atoms with E-state index in [1.165, 1.54) is 16.8 Å². The van der Waals surface area contributed by atoms with Crippen LogP contribution in [0.25, 0.3) is 5.69 Å². The first-order chi connectivity index (χ1) is 11.7. The summed E-state index contributed by atoms with van der Waals surface area (Å²) in [6, 6.07) is 9.41. The average Bonchev–Trinajstić information content (AvgIpc) is 3.19. The van der Waals surface area contributed by atoms with Gasteiger partial charge in [-0.05, 0) is 42.8 Å². The molecule has 0 aliphatic rings. The van der Waals surface area contributed by atoms with E-state index in [1.807, 2.05) is 13.0 Å². The first-order valence-electron chi connectivity index (χ1n) is 7.81. The molecule has 0 amide bonds. The van der Waals surface area contributed by atoms with E-state index >= 15 is 0 Å². The molecule has 0 fully saturated rings. The highest BCUT2D eigenvalue weighted by Gasteiger charge is 2.13. The first kappa shape index (κ1) is 16.0. The maximum atomic E-state index is 13.1. The third-order valence-electron chi connectivity index (χ3n) is 3.64. The number of benzene rings is 1. The molecule has 0 atom stereocenters. The molecule has 0 unspecified atom stereocenters. The summed E-state index contributed by atoms with van der Waals surface area (Å²) < 4.78 is 19.7. The summed E-state index contributed by atoms with van der Waals surface area (Å²) in [5.74, 6) is 0.394. The molecule has 24 heavy (non-hydrogen) atoms. The lowest BCUT2D eigenvalue weighted by Crippen LogP contribution is -2.17. The molecule has 0 saturated carbocycles. The van der Waals surface area contributed by atoms with Crippen molar-refractivity contribution in [2.75, 3.05) is 0 Å². The van der Waals surface area contributed by atoms with Crippen LogP contribution in [0.3, 0.4) is 0 Å². The third-order valence-corrected chi connectivity index (χ3v) is 3.64. The molecule has 2 heterocycles. The summed E-state index contributed by atoms with van der Waals surface area (Å²) in [5, 5.41) is 3.10. The zero-order chi connectivity index (χ0) is 16.9. The minimum atomic E-state index is -0.340. The number of nitrogens with one attached hydrogen (secondary N) is 1. The number of aliphatic imine (C=N–C) groups is 1. The molecule has 124 valence electrons. The number of aromatic amines is 1. The lowest BCUT2D eigenvalue weighted by molar-refractivity contribution is 0.513. The van der Waals surface area contributed by atoms with Crippen molar-refractivity contribution in [3.63, 3.8) is 0 Å². The van der Waals surface area contributed by atoms with Crippen molar-refractivity contribution in [3.8, 4) is 5.69 Å². The van der Waals surface area contributed by atoms with Crippen LogP contribution in [0.1, 0.15) is 30.4 Å². The molecule has 0 bridgehead atoms. The lowest BCUT2D eigenvalue weighted by Gasteiger charge is -2.01. The van der Waals surface area contributed by atoms with Crippen molar-refractivity contribution in [2.45, 2.75) is 26.3 Å². The monoisotopic (exact) mass is 327 g/mol. The van der Waals surface area contributed by atoms with Crippen LogP contribution in [0.15, 0.2) is 56.9 Å². The van der Waals surface area contributed by atoms with Gasteiger partial charge in [0.1, 0.15) is 11.6 Å². The van der Waals surface area contributed by atoms with E-state index in [0.717, 1.165) is 24.3 Å². The summed E-state index contributed by atoms with van der Waals surface area (Å²) in [6.07, 6.45) is 4.78. The maximum absolute atomic E-state index is 13.1. The van der Waals surface area contributed by atoms with Crippen LogP contribution in [0, 0.1) is 5.82 Å². The largest absolute Gasteiger partial charge is 0.467 e. The normalized spacial score (nSPS) is 11.4. The molecule has 6 heteroatoms. The van der Waals surface area contributed by atoms with Crippen molar-refractivity contribution in [1.29, 1.82) is 0 Å². The molecule has 2 aromatic heterocycles. The zero-order valence-corrected chi connectivity index (χ0v) is 13.3. The van der Waals surface area contributed by atoms with Crippen LogP contribution in [-0.2, 0) is 13.0 Å². The molecule has 3 rings (SSSR count). The number of nitrogens with zero attached hydrogens (tertiary/aromatic N) is 2. The van der Waals surface area contributed by atoms with E-state index in [0.29, 0.717) is 17.8 Å². The number of H-pyrrole nitrogens is 1. The standard InChI is InChI=1S/C18H18FN3O2/c1-2-4-17-16(12-20-11-15-5-3-10-24-15)18(23)22(21-17)14-8-6-13(19)7-9-14/h3,5-10,12,21H,2,4,11H2,1H3. The van der Waals surface area contributed by atoms with E-state index in [2.05, 4.69) is 10.1 Å². The summed E-state index contributed by atoms with van der Waals surface area (Å²) in [5.41, 5.74) is 1.72. The summed E-state index contributed by atoms with van der Waals surface area (Å²) in [4.78, 5) is 17.0.